The van der Waals surface area contributed by atoms with Crippen LogP contribution < -0.4 is 14.8 Å². The number of ether oxygens (including phenoxy) is 3. The largest absolute Gasteiger partial charge is 0.497 e. The topological polar surface area (TPSA) is 56.8 Å². The molecule has 0 aliphatic heterocycles. The van der Waals surface area contributed by atoms with Gasteiger partial charge in [-0.05, 0) is 19.1 Å². The van der Waals surface area contributed by atoms with E-state index >= 15 is 0 Å². The molecule has 0 spiro atoms. The molecule has 1 N–H and O–H groups in total. The molecule has 0 aliphatic rings. The molecule has 1 atom stereocenters. The Kier molecular flexibility index (Phi) is 5.99. The summed E-state index contributed by atoms with van der Waals surface area (Å²) in [5.74, 6) is 0.997. The predicted molar refractivity (Wildman–Crippen MR) is 73.8 cm³/mol. The van der Waals surface area contributed by atoms with Crippen LogP contribution in [0, 0.1) is 5.92 Å². The van der Waals surface area contributed by atoms with Gasteiger partial charge < -0.3 is 19.5 Å². The first-order valence-electron chi connectivity index (χ1n) is 6.24. The first-order valence-corrected chi connectivity index (χ1v) is 6.24. The van der Waals surface area contributed by atoms with Crippen molar-refractivity contribution in [2.75, 3.05) is 32.7 Å². The van der Waals surface area contributed by atoms with E-state index in [4.69, 9.17) is 14.2 Å². The Morgan fingerprint density at radius 1 is 1.32 bits per heavy atom. The van der Waals surface area contributed by atoms with E-state index in [9.17, 15) is 4.79 Å². The van der Waals surface area contributed by atoms with Crippen LogP contribution in [0.15, 0.2) is 18.2 Å². The van der Waals surface area contributed by atoms with Gasteiger partial charge in [0.25, 0.3) is 0 Å². The highest BCUT2D eigenvalue weighted by Gasteiger charge is 2.14. The number of benzene rings is 1. The van der Waals surface area contributed by atoms with Crippen molar-refractivity contribution in [1.29, 1.82) is 0 Å². The molecule has 1 rings (SSSR count). The maximum absolute atomic E-state index is 11.5. The number of esters is 1. The second-order valence-corrected chi connectivity index (χ2v) is 4.10. The van der Waals surface area contributed by atoms with Crippen molar-refractivity contribution >= 4 is 11.7 Å². The number of anilines is 1. The summed E-state index contributed by atoms with van der Waals surface area (Å²) in [6.07, 6.45) is 0. The second kappa shape index (κ2) is 7.51. The number of hydrogen-bond acceptors (Lipinski definition) is 5. The second-order valence-electron chi connectivity index (χ2n) is 4.10. The lowest BCUT2D eigenvalue weighted by Crippen LogP contribution is -2.22. The minimum absolute atomic E-state index is 0.211. The van der Waals surface area contributed by atoms with Crippen LogP contribution in [0.1, 0.15) is 13.8 Å². The summed E-state index contributed by atoms with van der Waals surface area (Å²) < 4.78 is 15.4. The summed E-state index contributed by atoms with van der Waals surface area (Å²) in [4.78, 5) is 11.5. The minimum Gasteiger partial charge on any atom is -0.497 e. The van der Waals surface area contributed by atoms with Gasteiger partial charge in [0.05, 0.1) is 32.4 Å². The highest BCUT2D eigenvalue weighted by molar-refractivity contribution is 5.73. The zero-order valence-electron chi connectivity index (χ0n) is 11.9. The first kappa shape index (κ1) is 15.1. The third kappa shape index (κ3) is 4.35. The monoisotopic (exact) mass is 267 g/mol. The molecule has 0 amide bonds. The maximum atomic E-state index is 11.5. The summed E-state index contributed by atoms with van der Waals surface area (Å²) in [7, 11) is 3.20. The molecule has 1 unspecified atom stereocenters. The van der Waals surface area contributed by atoms with Gasteiger partial charge in [0.1, 0.15) is 11.5 Å². The summed E-state index contributed by atoms with van der Waals surface area (Å²) in [5, 5.41) is 3.17. The fourth-order valence-electron chi connectivity index (χ4n) is 1.58. The van der Waals surface area contributed by atoms with Gasteiger partial charge >= 0.3 is 5.97 Å². The molecule has 0 bridgehead atoms. The van der Waals surface area contributed by atoms with Gasteiger partial charge in [-0.25, -0.2) is 0 Å². The van der Waals surface area contributed by atoms with Gasteiger partial charge in [0, 0.05) is 12.6 Å². The van der Waals surface area contributed by atoms with Crippen molar-refractivity contribution in [2.45, 2.75) is 13.8 Å². The molecule has 0 radical (unpaired) electrons. The number of nitrogens with one attached hydrogen (secondary N) is 1. The Hall–Kier alpha value is -1.91. The van der Waals surface area contributed by atoms with E-state index in [2.05, 4.69) is 5.32 Å². The van der Waals surface area contributed by atoms with E-state index in [1.807, 2.05) is 25.1 Å². The molecule has 5 heteroatoms. The third-order valence-corrected chi connectivity index (χ3v) is 2.69. The summed E-state index contributed by atoms with van der Waals surface area (Å²) in [5.41, 5.74) is 0.790. The molecular weight excluding hydrogens is 246 g/mol. The first-order chi connectivity index (χ1) is 9.12. The lowest BCUT2D eigenvalue weighted by atomic mass is 10.1. The van der Waals surface area contributed by atoms with Crippen LogP contribution in [0.2, 0.25) is 0 Å². The SMILES string of the molecule is CCOC(=O)C(C)CNc1cc(OC)ccc1OC. The lowest BCUT2D eigenvalue weighted by molar-refractivity contribution is -0.146. The van der Waals surface area contributed by atoms with Gasteiger partial charge in [-0.1, -0.05) is 6.92 Å². The van der Waals surface area contributed by atoms with Crippen molar-refractivity contribution < 1.29 is 19.0 Å². The van der Waals surface area contributed by atoms with E-state index in [1.54, 1.807) is 21.1 Å². The molecule has 0 saturated carbocycles. The number of methoxy groups -OCH3 is 2. The zero-order valence-corrected chi connectivity index (χ0v) is 11.9. The van der Waals surface area contributed by atoms with Gasteiger partial charge in [-0.15, -0.1) is 0 Å². The number of carbonyl (C=O) groups excluding carboxylic acids is 1. The van der Waals surface area contributed by atoms with E-state index in [0.29, 0.717) is 18.9 Å². The van der Waals surface area contributed by atoms with E-state index in [-0.39, 0.29) is 11.9 Å². The van der Waals surface area contributed by atoms with Crippen molar-refractivity contribution in [2.24, 2.45) is 5.92 Å². The Morgan fingerprint density at radius 3 is 2.63 bits per heavy atom. The predicted octanol–water partition coefficient (Wildman–Crippen LogP) is 2.31. The smallest absolute Gasteiger partial charge is 0.310 e. The molecule has 1 aromatic carbocycles. The average Bonchev–Trinajstić information content (AvgIpc) is 2.44. The molecule has 19 heavy (non-hydrogen) atoms. The fourth-order valence-corrected chi connectivity index (χ4v) is 1.58. The van der Waals surface area contributed by atoms with E-state index < -0.39 is 0 Å². The van der Waals surface area contributed by atoms with Gasteiger partial charge in [-0.3, -0.25) is 4.79 Å². The van der Waals surface area contributed by atoms with Crippen LogP contribution in [0.3, 0.4) is 0 Å². The van der Waals surface area contributed by atoms with E-state index in [0.717, 1.165) is 11.4 Å². The molecule has 0 aliphatic carbocycles. The van der Waals surface area contributed by atoms with E-state index in [1.165, 1.54) is 0 Å². The number of carbonyl (C=O) groups is 1. The minimum atomic E-state index is -0.226. The number of rotatable bonds is 7. The van der Waals surface area contributed by atoms with Crippen molar-refractivity contribution in [1.82, 2.24) is 0 Å². The highest BCUT2D eigenvalue weighted by Crippen LogP contribution is 2.28. The third-order valence-electron chi connectivity index (χ3n) is 2.69. The summed E-state index contributed by atoms with van der Waals surface area (Å²) >= 11 is 0. The molecule has 106 valence electrons. The summed E-state index contributed by atoms with van der Waals surface area (Å²) in [6, 6.07) is 5.46. The zero-order chi connectivity index (χ0) is 14.3. The van der Waals surface area contributed by atoms with Crippen LogP contribution in [0.25, 0.3) is 0 Å². The van der Waals surface area contributed by atoms with Crippen molar-refractivity contribution in [3.63, 3.8) is 0 Å². The number of hydrogen-bond donors (Lipinski definition) is 1. The quantitative estimate of drug-likeness (QED) is 0.768. The van der Waals surface area contributed by atoms with Gasteiger partial charge in [-0.2, -0.15) is 0 Å². The van der Waals surface area contributed by atoms with Crippen molar-refractivity contribution in [3.05, 3.63) is 18.2 Å². The molecule has 0 fully saturated rings. The Labute approximate surface area is 113 Å². The average molecular weight is 267 g/mol. The fraction of sp³-hybridized carbons (Fsp3) is 0.500. The Balaban J connectivity index is 2.68. The van der Waals surface area contributed by atoms with Crippen LogP contribution in [-0.4, -0.2) is 33.3 Å². The van der Waals surface area contributed by atoms with Crippen LogP contribution in [0.4, 0.5) is 5.69 Å². The van der Waals surface area contributed by atoms with Gasteiger partial charge in [0.15, 0.2) is 0 Å². The van der Waals surface area contributed by atoms with Crippen LogP contribution in [-0.2, 0) is 9.53 Å². The maximum Gasteiger partial charge on any atom is 0.310 e. The molecule has 0 saturated heterocycles. The Bertz CT molecular complexity index is 420. The molecule has 0 heterocycles. The van der Waals surface area contributed by atoms with Crippen LogP contribution >= 0.6 is 0 Å². The molecule has 5 nitrogen and oxygen atoms in total. The van der Waals surface area contributed by atoms with Gasteiger partial charge in [0.2, 0.25) is 0 Å². The Morgan fingerprint density at radius 2 is 2.05 bits per heavy atom. The lowest BCUT2D eigenvalue weighted by Gasteiger charge is -2.15. The van der Waals surface area contributed by atoms with Crippen molar-refractivity contribution in [3.8, 4) is 11.5 Å². The standard InChI is InChI=1S/C14H21NO4/c1-5-19-14(16)10(2)9-15-12-8-11(17-3)6-7-13(12)18-4/h6-8,10,15H,5,9H2,1-4H3. The summed E-state index contributed by atoms with van der Waals surface area (Å²) in [6.45, 7) is 4.48. The normalized spacial score (nSPS) is 11.6. The molecule has 1 aromatic rings. The molecular formula is C14H21NO4. The molecule has 0 aromatic heterocycles. The highest BCUT2D eigenvalue weighted by atomic mass is 16.5. The van der Waals surface area contributed by atoms with Crippen LogP contribution in [0.5, 0.6) is 11.5 Å².